The molecule has 0 heterocycles. The Hall–Kier alpha value is -0.970. The number of benzene rings is 1. The van der Waals surface area contributed by atoms with Gasteiger partial charge in [0.25, 0.3) is 0 Å². The fourth-order valence-corrected chi connectivity index (χ4v) is 2.68. The van der Waals surface area contributed by atoms with Crippen molar-refractivity contribution in [2.45, 2.75) is 32.7 Å². The molecule has 1 rings (SSSR count). The van der Waals surface area contributed by atoms with Crippen molar-refractivity contribution in [3.63, 3.8) is 0 Å². The zero-order valence-electron chi connectivity index (χ0n) is 12.5. The molecule has 0 bridgehead atoms. The Balaban J connectivity index is 2.73. The van der Waals surface area contributed by atoms with Gasteiger partial charge in [0.2, 0.25) is 0 Å². The van der Waals surface area contributed by atoms with E-state index in [0.717, 1.165) is 5.56 Å². The number of rotatable bonds is 7. The number of ether oxygens (including phenoxy) is 2. The normalized spacial score (nSPS) is 13.6. The first-order chi connectivity index (χ1) is 9.88. The summed E-state index contributed by atoms with van der Waals surface area (Å²) < 4.78 is 10.0. The van der Waals surface area contributed by atoms with E-state index in [9.17, 15) is 4.79 Å². The van der Waals surface area contributed by atoms with Gasteiger partial charge in [-0.05, 0) is 30.9 Å². The average molecular weight is 334 g/mol. The van der Waals surface area contributed by atoms with Gasteiger partial charge in [-0.15, -0.1) is 0 Å². The second kappa shape index (κ2) is 8.47. The van der Waals surface area contributed by atoms with E-state index in [1.807, 2.05) is 6.92 Å². The van der Waals surface area contributed by atoms with Crippen LogP contribution in [0.4, 0.5) is 0 Å². The van der Waals surface area contributed by atoms with E-state index in [0.29, 0.717) is 35.2 Å². The van der Waals surface area contributed by atoms with Gasteiger partial charge < -0.3 is 15.2 Å². The Morgan fingerprint density at radius 2 is 2.00 bits per heavy atom. The fraction of sp³-hybridized carbons (Fsp3) is 0.533. The lowest BCUT2D eigenvalue weighted by molar-refractivity contribution is -0.144. The molecule has 2 atom stereocenters. The molecule has 2 N–H and O–H groups in total. The molecular weight excluding hydrogens is 313 g/mol. The SMILES string of the molecule is CCOC(=O)CC(C)CC(N)c1cc(Cl)c(OC)cc1Cl. The topological polar surface area (TPSA) is 61.5 Å². The van der Waals surface area contributed by atoms with E-state index < -0.39 is 0 Å². The predicted molar refractivity (Wildman–Crippen MR) is 85.0 cm³/mol. The van der Waals surface area contributed by atoms with Gasteiger partial charge in [-0.1, -0.05) is 30.1 Å². The lowest BCUT2D eigenvalue weighted by Crippen LogP contribution is -2.17. The molecule has 118 valence electrons. The van der Waals surface area contributed by atoms with Crippen LogP contribution in [0.2, 0.25) is 10.0 Å². The third kappa shape index (κ3) is 5.38. The summed E-state index contributed by atoms with van der Waals surface area (Å²) in [6.45, 7) is 4.13. The molecule has 21 heavy (non-hydrogen) atoms. The highest BCUT2D eigenvalue weighted by molar-refractivity contribution is 6.34. The molecule has 0 fully saturated rings. The molecule has 0 aliphatic heterocycles. The van der Waals surface area contributed by atoms with E-state index in [1.165, 1.54) is 7.11 Å². The Kier molecular flexibility index (Phi) is 7.29. The van der Waals surface area contributed by atoms with Crippen molar-refractivity contribution in [3.05, 3.63) is 27.7 Å². The molecule has 0 aliphatic rings. The molecule has 2 unspecified atom stereocenters. The number of hydrogen-bond acceptors (Lipinski definition) is 4. The maximum Gasteiger partial charge on any atom is 0.306 e. The van der Waals surface area contributed by atoms with Gasteiger partial charge in [0, 0.05) is 23.6 Å². The van der Waals surface area contributed by atoms with Crippen LogP contribution >= 0.6 is 23.2 Å². The summed E-state index contributed by atoms with van der Waals surface area (Å²) in [4.78, 5) is 11.4. The highest BCUT2D eigenvalue weighted by atomic mass is 35.5. The number of hydrogen-bond donors (Lipinski definition) is 1. The summed E-state index contributed by atoms with van der Waals surface area (Å²) in [7, 11) is 1.53. The Morgan fingerprint density at radius 3 is 2.57 bits per heavy atom. The van der Waals surface area contributed by atoms with Gasteiger partial charge in [-0.3, -0.25) is 4.79 Å². The first-order valence-corrected chi connectivity index (χ1v) is 7.58. The summed E-state index contributed by atoms with van der Waals surface area (Å²) >= 11 is 12.3. The smallest absolute Gasteiger partial charge is 0.306 e. The van der Waals surface area contributed by atoms with E-state index in [1.54, 1.807) is 19.1 Å². The van der Waals surface area contributed by atoms with Crippen LogP contribution < -0.4 is 10.5 Å². The predicted octanol–water partition coefficient (Wildman–Crippen LogP) is 3.98. The largest absolute Gasteiger partial charge is 0.495 e. The van der Waals surface area contributed by atoms with Crippen LogP contribution in [0.5, 0.6) is 5.75 Å². The van der Waals surface area contributed by atoms with E-state index in [-0.39, 0.29) is 17.9 Å². The number of halogens is 2. The minimum Gasteiger partial charge on any atom is -0.495 e. The maximum atomic E-state index is 11.4. The summed E-state index contributed by atoms with van der Waals surface area (Å²) in [6.07, 6.45) is 0.949. The van der Waals surface area contributed by atoms with Crippen molar-refractivity contribution in [2.24, 2.45) is 11.7 Å². The quantitative estimate of drug-likeness (QED) is 0.766. The maximum absolute atomic E-state index is 11.4. The van der Waals surface area contributed by atoms with Gasteiger partial charge in [0.15, 0.2) is 0 Å². The van der Waals surface area contributed by atoms with E-state index in [4.69, 9.17) is 38.4 Å². The summed E-state index contributed by atoms with van der Waals surface area (Å²) in [5.74, 6) is 0.393. The Bertz CT molecular complexity index is 494. The van der Waals surface area contributed by atoms with Gasteiger partial charge in [0.05, 0.1) is 18.7 Å². The number of carbonyl (C=O) groups excluding carboxylic acids is 1. The molecule has 0 spiro atoms. The standard InChI is InChI=1S/C15H21Cl2NO3/c1-4-21-15(19)6-9(2)5-13(18)10-7-12(17)14(20-3)8-11(10)16/h7-9,13H,4-6,18H2,1-3H3. The van der Waals surface area contributed by atoms with Crippen LogP contribution in [-0.4, -0.2) is 19.7 Å². The molecule has 1 aromatic carbocycles. The van der Waals surface area contributed by atoms with Crippen LogP contribution in [0.1, 0.15) is 38.3 Å². The minimum atomic E-state index is -0.301. The molecule has 6 heteroatoms. The molecular formula is C15H21Cl2NO3. The number of methoxy groups -OCH3 is 1. The van der Waals surface area contributed by atoms with Gasteiger partial charge in [0.1, 0.15) is 5.75 Å². The lowest BCUT2D eigenvalue weighted by atomic mass is 9.94. The third-order valence-corrected chi connectivity index (χ3v) is 3.77. The van der Waals surface area contributed by atoms with Crippen LogP contribution in [-0.2, 0) is 9.53 Å². The highest BCUT2D eigenvalue weighted by Crippen LogP contribution is 2.35. The van der Waals surface area contributed by atoms with Crippen molar-refractivity contribution < 1.29 is 14.3 Å². The van der Waals surface area contributed by atoms with Crippen molar-refractivity contribution in [1.29, 1.82) is 0 Å². The van der Waals surface area contributed by atoms with Crippen LogP contribution in [0.3, 0.4) is 0 Å². The van der Waals surface area contributed by atoms with E-state index in [2.05, 4.69) is 0 Å². The molecule has 4 nitrogen and oxygen atoms in total. The van der Waals surface area contributed by atoms with Crippen molar-refractivity contribution in [1.82, 2.24) is 0 Å². The lowest BCUT2D eigenvalue weighted by Gasteiger charge is -2.19. The van der Waals surface area contributed by atoms with Crippen LogP contribution in [0.15, 0.2) is 12.1 Å². The summed E-state index contributed by atoms with van der Waals surface area (Å²) in [5, 5.41) is 0.970. The molecule has 0 aliphatic carbocycles. The molecule has 0 saturated carbocycles. The van der Waals surface area contributed by atoms with Gasteiger partial charge in [-0.2, -0.15) is 0 Å². The second-order valence-electron chi connectivity index (χ2n) is 4.96. The molecule has 0 radical (unpaired) electrons. The molecule has 1 aromatic rings. The van der Waals surface area contributed by atoms with Gasteiger partial charge in [-0.25, -0.2) is 0 Å². The summed E-state index contributed by atoms with van der Waals surface area (Å²) in [6, 6.07) is 3.06. The molecule has 0 aromatic heterocycles. The third-order valence-electron chi connectivity index (χ3n) is 3.15. The van der Waals surface area contributed by atoms with Crippen molar-refractivity contribution >= 4 is 29.2 Å². The molecule has 0 saturated heterocycles. The Morgan fingerprint density at radius 1 is 1.33 bits per heavy atom. The molecule has 0 amide bonds. The van der Waals surface area contributed by atoms with Crippen molar-refractivity contribution in [2.75, 3.05) is 13.7 Å². The van der Waals surface area contributed by atoms with Crippen molar-refractivity contribution in [3.8, 4) is 5.75 Å². The second-order valence-corrected chi connectivity index (χ2v) is 5.78. The number of esters is 1. The average Bonchev–Trinajstić information content (AvgIpc) is 2.40. The van der Waals surface area contributed by atoms with Crippen LogP contribution in [0, 0.1) is 5.92 Å². The minimum absolute atomic E-state index is 0.0935. The van der Waals surface area contributed by atoms with Gasteiger partial charge >= 0.3 is 5.97 Å². The van der Waals surface area contributed by atoms with Crippen LogP contribution in [0.25, 0.3) is 0 Å². The highest BCUT2D eigenvalue weighted by Gasteiger charge is 2.18. The monoisotopic (exact) mass is 333 g/mol. The zero-order valence-corrected chi connectivity index (χ0v) is 14.0. The fourth-order valence-electron chi connectivity index (χ4n) is 2.13. The Labute approximate surface area is 135 Å². The zero-order chi connectivity index (χ0) is 16.0. The number of nitrogens with two attached hydrogens (primary N) is 1. The van der Waals surface area contributed by atoms with E-state index >= 15 is 0 Å². The summed E-state index contributed by atoms with van der Waals surface area (Å²) in [5.41, 5.74) is 6.92. The number of carbonyl (C=O) groups is 1. The first kappa shape index (κ1) is 18.1. The first-order valence-electron chi connectivity index (χ1n) is 6.83.